The number of rotatable bonds is 5. The minimum atomic E-state index is -0.704. The minimum Gasteiger partial charge on any atom is -0.465 e. The maximum atomic E-state index is 12.2. The van der Waals surface area contributed by atoms with E-state index in [9.17, 15) is 20.1 Å². The highest BCUT2D eigenvalue weighted by molar-refractivity contribution is 8.02. The van der Waals surface area contributed by atoms with E-state index in [1.54, 1.807) is 13.2 Å². The Morgan fingerprint density at radius 1 is 1.20 bits per heavy atom. The van der Waals surface area contributed by atoms with Crippen molar-refractivity contribution in [3.63, 3.8) is 0 Å². The van der Waals surface area contributed by atoms with Gasteiger partial charge in [-0.25, -0.2) is 9.59 Å². The van der Waals surface area contributed by atoms with Gasteiger partial charge in [-0.2, -0.15) is 10.5 Å². The molecule has 1 atom stereocenters. The molecule has 7 heteroatoms. The van der Waals surface area contributed by atoms with Gasteiger partial charge in [0.25, 0.3) is 0 Å². The second-order valence-electron chi connectivity index (χ2n) is 5.43. The SMILES string of the molecule is CCOC(=O)/C(C#N)=C1\CCCCCC1/C(SC)=C(/C#N)C(=O)OC. The Morgan fingerprint density at radius 3 is 2.44 bits per heavy atom. The van der Waals surface area contributed by atoms with E-state index < -0.39 is 11.9 Å². The Morgan fingerprint density at radius 2 is 1.92 bits per heavy atom. The second-order valence-corrected chi connectivity index (χ2v) is 6.28. The van der Waals surface area contributed by atoms with E-state index in [1.807, 2.05) is 12.1 Å². The maximum Gasteiger partial charge on any atom is 0.349 e. The number of hydrogen-bond donors (Lipinski definition) is 0. The van der Waals surface area contributed by atoms with Gasteiger partial charge in [0.05, 0.1) is 13.7 Å². The molecule has 0 aromatic heterocycles. The summed E-state index contributed by atoms with van der Waals surface area (Å²) in [6.45, 7) is 1.86. The number of allylic oxidation sites excluding steroid dienone is 2. The third-order valence-electron chi connectivity index (χ3n) is 4.06. The van der Waals surface area contributed by atoms with Crippen LogP contribution < -0.4 is 0 Å². The van der Waals surface area contributed by atoms with Crippen molar-refractivity contribution in [1.82, 2.24) is 0 Å². The normalized spacial score (nSPS) is 20.3. The third kappa shape index (κ3) is 5.11. The summed E-state index contributed by atoms with van der Waals surface area (Å²) in [5, 5.41) is 18.9. The predicted octanol–water partition coefficient (Wildman–Crippen LogP) is 3.26. The highest BCUT2D eigenvalue weighted by Crippen LogP contribution is 2.41. The first-order chi connectivity index (χ1) is 12.0. The van der Waals surface area contributed by atoms with E-state index in [4.69, 9.17) is 9.47 Å². The summed E-state index contributed by atoms with van der Waals surface area (Å²) < 4.78 is 9.72. The lowest BCUT2D eigenvalue weighted by atomic mass is 9.88. The average Bonchev–Trinajstić information content (AvgIpc) is 2.86. The van der Waals surface area contributed by atoms with Crippen LogP contribution >= 0.6 is 11.8 Å². The Balaban J connectivity index is 3.56. The zero-order valence-electron chi connectivity index (χ0n) is 14.8. The van der Waals surface area contributed by atoms with Gasteiger partial charge in [0, 0.05) is 10.8 Å². The number of esters is 2. The second kappa shape index (κ2) is 10.6. The Hall–Kier alpha value is -2.25. The van der Waals surface area contributed by atoms with Crippen LogP contribution in [0.15, 0.2) is 21.6 Å². The van der Waals surface area contributed by atoms with Gasteiger partial charge in [-0.15, -0.1) is 11.8 Å². The molecule has 0 N–H and O–H groups in total. The van der Waals surface area contributed by atoms with Gasteiger partial charge in [0.2, 0.25) is 0 Å². The molecule has 0 radical (unpaired) electrons. The number of ether oxygens (including phenoxy) is 2. The quantitative estimate of drug-likeness (QED) is 0.320. The molecule has 0 amide bonds. The number of hydrogen-bond acceptors (Lipinski definition) is 7. The van der Waals surface area contributed by atoms with Crippen LogP contribution in [-0.2, 0) is 19.1 Å². The van der Waals surface area contributed by atoms with Crippen molar-refractivity contribution >= 4 is 23.7 Å². The number of carbonyl (C=O) groups excluding carboxylic acids is 2. The van der Waals surface area contributed by atoms with Crippen LogP contribution in [0.3, 0.4) is 0 Å². The molecule has 0 aromatic carbocycles. The van der Waals surface area contributed by atoms with Crippen molar-refractivity contribution in [3.05, 3.63) is 21.6 Å². The summed E-state index contributed by atoms with van der Waals surface area (Å²) in [7, 11) is 1.22. The topological polar surface area (TPSA) is 100 Å². The molecule has 0 aromatic rings. The Bertz CT molecular complexity index is 668. The first kappa shape index (κ1) is 20.8. The van der Waals surface area contributed by atoms with E-state index in [2.05, 4.69) is 0 Å². The van der Waals surface area contributed by atoms with Crippen LogP contribution in [0.5, 0.6) is 0 Å². The fourth-order valence-corrected chi connectivity index (χ4v) is 3.83. The molecule has 1 unspecified atom stereocenters. The lowest BCUT2D eigenvalue weighted by Crippen LogP contribution is -2.17. The first-order valence-electron chi connectivity index (χ1n) is 8.12. The van der Waals surface area contributed by atoms with Gasteiger partial charge in [0.1, 0.15) is 23.3 Å². The van der Waals surface area contributed by atoms with Crippen LogP contribution in [0.4, 0.5) is 0 Å². The van der Waals surface area contributed by atoms with E-state index >= 15 is 0 Å². The van der Waals surface area contributed by atoms with Crippen molar-refractivity contribution in [1.29, 1.82) is 10.5 Å². The third-order valence-corrected chi connectivity index (χ3v) is 4.98. The van der Waals surface area contributed by atoms with Crippen LogP contribution in [0.25, 0.3) is 0 Å². The van der Waals surface area contributed by atoms with Gasteiger partial charge < -0.3 is 9.47 Å². The molecule has 6 nitrogen and oxygen atoms in total. The number of carbonyl (C=O) groups is 2. The molecular formula is C18H22N2O4S. The smallest absolute Gasteiger partial charge is 0.349 e. The summed E-state index contributed by atoms with van der Waals surface area (Å²) in [5.41, 5.74) is 0.572. The first-order valence-corrected chi connectivity index (χ1v) is 9.34. The molecule has 1 fully saturated rings. The van der Waals surface area contributed by atoms with E-state index in [1.165, 1.54) is 18.9 Å². The fraction of sp³-hybridized carbons (Fsp3) is 0.556. The molecule has 1 saturated carbocycles. The highest BCUT2D eigenvalue weighted by atomic mass is 32.2. The van der Waals surface area contributed by atoms with Crippen molar-refractivity contribution < 1.29 is 19.1 Å². The van der Waals surface area contributed by atoms with Crippen LogP contribution in [0.1, 0.15) is 39.0 Å². The van der Waals surface area contributed by atoms with Crippen molar-refractivity contribution in [2.24, 2.45) is 5.92 Å². The average molecular weight is 362 g/mol. The lowest BCUT2D eigenvalue weighted by molar-refractivity contribution is -0.138. The maximum absolute atomic E-state index is 12.2. The van der Waals surface area contributed by atoms with Crippen molar-refractivity contribution in [2.75, 3.05) is 20.0 Å². The van der Waals surface area contributed by atoms with Crippen LogP contribution in [0.2, 0.25) is 0 Å². The number of methoxy groups -OCH3 is 1. The summed E-state index contributed by atoms with van der Waals surface area (Å²) in [6, 6.07) is 3.88. The monoisotopic (exact) mass is 362 g/mol. The molecule has 0 saturated heterocycles. The summed E-state index contributed by atoms with van der Waals surface area (Å²) in [5.74, 6) is -1.68. The molecule has 0 bridgehead atoms. The largest absolute Gasteiger partial charge is 0.465 e. The number of thioether (sulfide) groups is 1. The molecule has 1 aliphatic rings. The zero-order chi connectivity index (χ0) is 18.8. The summed E-state index contributed by atoms with van der Waals surface area (Å²) in [4.78, 5) is 24.7. The molecule has 0 aliphatic heterocycles. The molecule has 0 heterocycles. The molecule has 0 spiro atoms. The summed E-state index contributed by atoms with van der Waals surface area (Å²) >= 11 is 1.28. The molecule has 25 heavy (non-hydrogen) atoms. The molecule has 1 aliphatic carbocycles. The zero-order valence-corrected chi connectivity index (χ0v) is 15.6. The van der Waals surface area contributed by atoms with Crippen molar-refractivity contribution in [2.45, 2.75) is 39.0 Å². The van der Waals surface area contributed by atoms with Crippen LogP contribution in [-0.4, -0.2) is 31.9 Å². The lowest BCUT2D eigenvalue weighted by Gasteiger charge is -2.22. The minimum absolute atomic E-state index is 0.0116. The van der Waals surface area contributed by atoms with E-state index in [0.29, 0.717) is 23.3 Å². The highest BCUT2D eigenvalue weighted by Gasteiger charge is 2.31. The van der Waals surface area contributed by atoms with Gasteiger partial charge in [0.15, 0.2) is 0 Å². The fourth-order valence-electron chi connectivity index (χ4n) is 2.95. The van der Waals surface area contributed by atoms with Gasteiger partial charge in [-0.3, -0.25) is 0 Å². The van der Waals surface area contributed by atoms with E-state index in [0.717, 1.165) is 19.3 Å². The van der Waals surface area contributed by atoms with Crippen molar-refractivity contribution in [3.8, 4) is 12.1 Å². The number of nitriles is 2. The Labute approximate surface area is 152 Å². The standard InChI is InChI=1S/C18H22N2O4S/c1-4-24-18(22)14(10-19)12-8-6-5-7-9-13(12)16(25-3)15(11-20)17(21)23-2/h13H,4-9H2,1-3H3/b14-12+,16-15+. The molecule has 1 rings (SSSR count). The van der Waals surface area contributed by atoms with Gasteiger partial charge in [-0.05, 0) is 38.0 Å². The van der Waals surface area contributed by atoms with E-state index in [-0.39, 0.29) is 23.7 Å². The van der Waals surface area contributed by atoms with Gasteiger partial charge >= 0.3 is 11.9 Å². The number of nitrogens with zero attached hydrogens (tertiary/aromatic N) is 2. The predicted molar refractivity (Wildman–Crippen MR) is 94.0 cm³/mol. The van der Waals surface area contributed by atoms with Gasteiger partial charge in [-0.1, -0.05) is 12.8 Å². The Kier molecular flexibility index (Phi) is 8.80. The molecular weight excluding hydrogens is 340 g/mol. The van der Waals surface area contributed by atoms with Crippen LogP contribution in [0, 0.1) is 28.6 Å². The summed E-state index contributed by atoms with van der Waals surface area (Å²) in [6.07, 6.45) is 5.70. The molecule has 134 valence electrons.